The van der Waals surface area contributed by atoms with E-state index >= 15 is 0 Å². The van der Waals surface area contributed by atoms with Gasteiger partial charge >= 0.3 is 0 Å². The second-order valence-corrected chi connectivity index (χ2v) is 9.66. The molecule has 1 saturated heterocycles. The molecule has 2 N–H and O–H groups in total. The summed E-state index contributed by atoms with van der Waals surface area (Å²) in [6.07, 6.45) is 7.89. The van der Waals surface area contributed by atoms with E-state index in [-0.39, 0.29) is 5.91 Å². The van der Waals surface area contributed by atoms with E-state index < -0.39 is 0 Å². The number of hydrogen-bond donors (Lipinski definition) is 2. The van der Waals surface area contributed by atoms with E-state index in [0.717, 1.165) is 47.2 Å². The second kappa shape index (κ2) is 10.4. The van der Waals surface area contributed by atoms with E-state index in [2.05, 4.69) is 36.4 Å². The molecule has 1 aliphatic rings. The number of carbonyl (C=O) groups excluding carboxylic acids is 1. The third-order valence-corrected chi connectivity index (χ3v) is 6.72. The van der Waals surface area contributed by atoms with E-state index in [1.165, 1.54) is 18.4 Å². The number of carbonyl (C=O) groups is 1. The van der Waals surface area contributed by atoms with Gasteiger partial charge in [-0.15, -0.1) is 0 Å². The lowest BCUT2D eigenvalue weighted by Crippen LogP contribution is -2.18. The lowest BCUT2D eigenvalue weighted by molar-refractivity contribution is 0.102. The molecule has 1 fully saturated rings. The van der Waals surface area contributed by atoms with Gasteiger partial charge in [-0.25, -0.2) is 4.98 Å². The number of likely N-dealkylation sites (tertiary alicyclic amines) is 1. The molecule has 0 atom stereocenters. The number of H-pyrrole nitrogens is 1. The predicted octanol–water partition coefficient (Wildman–Crippen LogP) is 5.97. The zero-order chi connectivity index (χ0) is 25.9. The smallest absolute Gasteiger partial charge is 0.276 e. The maximum absolute atomic E-state index is 13.1. The first-order valence-corrected chi connectivity index (χ1v) is 12.8. The van der Waals surface area contributed by atoms with Crippen molar-refractivity contribution in [2.45, 2.75) is 26.3 Å². The van der Waals surface area contributed by atoms with Crippen LogP contribution in [0, 0.1) is 6.92 Å². The predicted molar refractivity (Wildman–Crippen MR) is 147 cm³/mol. The molecule has 0 bridgehead atoms. The molecule has 3 aromatic heterocycles. The van der Waals surface area contributed by atoms with Crippen LogP contribution in [0.25, 0.3) is 22.0 Å². The van der Waals surface area contributed by atoms with Crippen LogP contribution in [0.4, 0.5) is 5.69 Å². The molecule has 0 unspecified atom stereocenters. The molecule has 8 nitrogen and oxygen atoms in total. The molecule has 8 heteroatoms. The minimum Gasteiger partial charge on any atom is -0.439 e. The highest BCUT2D eigenvalue weighted by Gasteiger charge is 2.17. The first-order valence-electron chi connectivity index (χ1n) is 12.8. The number of aryl methyl sites for hydroxylation is 1. The summed E-state index contributed by atoms with van der Waals surface area (Å²) in [5.41, 5.74) is 5.97. The van der Waals surface area contributed by atoms with Crippen molar-refractivity contribution < 1.29 is 9.53 Å². The second-order valence-electron chi connectivity index (χ2n) is 9.66. The van der Waals surface area contributed by atoms with Crippen molar-refractivity contribution in [3.8, 4) is 22.8 Å². The molecule has 38 heavy (non-hydrogen) atoms. The monoisotopic (exact) mass is 504 g/mol. The molecule has 0 aliphatic carbocycles. The van der Waals surface area contributed by atoms with E-state index in [0.29, 0.717) is 23.0 Å². The van der Waals surface area contributed by atoms with E-state index in [9.17, 15) is 4.79 Å². The summed E-state index contributed by atoms with van der Waals surface area (Å²) < 4.78 is 5.80. The first-order chi connectivity index (χ1) is 18.6. The number of aromatic nitrogens is 4. The number of amides is 1. The number of rotatable bonds is 7. The Morgan fingerprint density at radius 1 is 1.00 bits per heavy atom. The molecule has 6 rings (SSSR count). The van der Waals surface area contributed by atoms with Gasteiger partial charge in [-0.3, -0.25) is 19.8 Å². The molecule has 5 aromatic rings. The molecule has 0 saturated carbocycles. The number of anilines is 1. The first kappa shape index (κ1) is 23.8. The van der Waals surface area contributed by atoms with Crippen LogP contribution in [0.1, 0.15) is 34.5 Å². The lowest BCUT2D eigenvalue weighted by atomic mass is 10.0. The van der Waals surface area contributed by atoms with Crippen molar-refractivity contribution in [2.75, 3.05) is 18.4 Å². The number of ether oxygens (including phenoxy) is 1. The van der Waals surface area contributed by atoms with Gasteiger partial charge in [0.25, 0.3) is 5.91 Å². The number of nitrogens with one attached hydrogen (secondary N) is 2. The minimum atomic E-state index is -0.316. The van der Waals surface area contributed by atoms with Gasteiger partial charge in [-0.1, -0.05) is 18.2 Å². The highest BCUT2D eigenvalue weighted by Crippen LogP contribution is 2.27. The molecule has 0 spiro atoms. The summed E-state index contributed by atoms with van der Waals surface area (Å²) in [5, 5.41) is 10.9. The van der Waals surface area contributed by atoms with Gasteiger partial charge in [0.2, 0.25) is 5.88 Å². The van der Waals surface area contributed by atoms with Gasteiger partial charge in [0, 0.05) is 36.0 Å². The maximum Gasteiger partial charge on any atom is 0.276 e. The SMILES string of the molecule is Cc1cccc(Oc2ccc(NC(=O)c3n[nH]c4ccc(-c5cncc(CN6CCCC6)c5)cc34)cn2)c1. The topological polar surface area (TPSA) is 96.0 Å². The normalized spacial score (nSPS) is 13.6. The lowest BCUT2D eigenvalue weighted by Gasteiger charge is -2.14. The minimum absolute atomic E-state index is 0.316. The Labute approximate surface area is 220 Å². The average Bonchev–Trinajstić information content (AvgIpc) is 3.60. The van der Waals surface area contributed by atoms with Crippen molar-refractivity contribution in [3.63, 3.8) is 0 Å². The Kier molecular flexibility index (Phi) is 6.54. The van der Waals surface area contributed by atoms with Crippen molar-refractivity contribution in [3.05, 3.63) is 96.1 Å². The highest BCUT2D eigenvalue weighted by atomic mass is 16.5. The summed E-state index contributed by atoms with van der Waals surface area (Å²) in [6, 6.07) is 19.4. The van der Waals surface area contributed by atoms with Crippen molar-refractivity contribution in [2.24, 2.45) is 0 Å². The third-order valence-electron chi connectivity index (χ3n) is 6.72. The summed E-state index contributed by atoms with van der Waals surface area (Å²) in [7, 11) is 0. The maximum atomic E-state index is 13.1. The van der Waals surface area contributed by atoms with Crippen molar-refractivity contribution >= 4 is 22.5 Å². The van der Waals surface area contributed by atoms with Gasteiger partial charge < -0.3 is 10.1 Å². The van der Waals surface area contributed by atoms with Gasteiger partial charge in [0.05, 0.1) is 17.4 Å². The van der Waals surface area contributed by atoms with Crippen LogP contribution in [0.15, 0.2) is 79.3 Å². The fourth-order valence-electron chi connectivity index (χ4n) is 4.80. The zero-order valence-corrected chi connectivity index (χ0v) is 21.1. The van der Waals surface area contributed by atoms with E-state index in [1.54, 1.807) is 18.3 Å². The van der Waals surface area contributed by atoms with Crippen LogP contribution in [0.5, 0.6) is 11.6 Å². The summed E-state index contributed by atoms with van der Waals surface area (Å²) in [6.45, 7) is 5.19. The molecule has 1 aliphatic heterocycles. The average molecular weight is 505 g/mol. The Morgan fingerprint density at radius 3 is 2.71 bits per heavy atom. The van der Waals surface area contributed by atoms with Crippen molar-refractivity contribution in [1.82, 2.24) is 25.1 Å². The highest BCUT2D eigenvalue weighted by molar-refractivity contribution is 6.11. The Balaban J connectivity index is 1.18. The Hall–Kier alpha value is -4.56. The van der Waals surface area contributed by atoms with E-state index in [1.807, 2.05) is 61.8 Å². The molecule has 0 radical (unpaired) electrons. The van der Waals surface area contributed by atoms with Crippen LogP contribution in [-0.2, 0) is 6.54 Å². The van der Waals surface area contributed by atoms with Crippen LogP contribution >= 0.6 is 0 Å². The molecular weight excluding hydrogens is 476 g/mol. The summed E-state index contributed by atoms with van der Waals surface area (Å²) in [5.74, 6) is 0.845. The number of fused-ring (bicyclic) bond motifs is 1. The Morgan fingerprint density at radius 2 is 1.89 bits per heavy atom. The van der Waals surface area contributed by atoms with Crippen LogP contribution in [0.3, 0.4) is 0 Å². The number of pyridine rings is 2. The number of hydrogen-bond acceptors (Lipinski definition) is 6. The largest absolute Gasteiger partial charge is 0.439 e. The Bertz CT molecular complexity index is 1590. The van der Waals surface area contributed by atoms with Gasteiger partial charge in [-0.2, -0.15) is 5.10 Å². The number of nitrogens with zero attached hydrogens (tertiary/aromatic N) is 4. The van der Waals surface area contributed by atoms with E-state index in [4.69, 9.17) is 4.74 Å². The van der Waals surface area contributed by atoms with Gasteiger partial charge in [0.15, 0.2) is 5.69 Å². The van der Waals surface area contributed by atoms with Crippen LogP contribution < -0.4 is 10.1 Å². The summed E-state index contributed by atoms with van der Waals surface area (Å²) >= 11 is 0. The fourth-order valence-corrected chi connectivity index (χ4v) is 4.80. The number of benzene rings is 2. The summed E-state index contributed by atoms with van der Waals surface area (Å²) in [4.78, 5) is 24.4. The van der Waals surface area contributed by atoms with Crippen LogP contribution in [-0.4, -0.2) is 44.1 Å². The molecule has 1 amide bonds. The quantitative estimate of drug-likeness (QED) is 0.284. The molecule has 190 valence electrons. The van der Waals surface area contributed by atoms with Gasteiger partial charge in [0.1, 0.15) is 5.75 Å². The standard InChI is InChI=1S/C30H28N6O2/c1-20-5-4-6-25(13-20)38-28-10-8-24(18-32-28)33-30(37)29-26-15-22(7-9-27(26)34-35-29)23-14-21(16-31-17-23)19-36-11-2-3-12-36/h4-10,13-18H,2-3,11-12,19H2,1H3,(H,33,37)(H,34,35). The zero-order valence-electron chi connectivity index (χ0n) is 21.1. The molecular formula is C30H28N6O2. The van der Waals surface area contributed by atoms with Crippen LogP contribution in [0.2, 0.25) is 0 Å². The molecule has 2 aromatic carbocycles. The fraction of sp³-hybridized carbons (Fsp3) is 0.200. The molecule has 4 heterocycles. The third kappa shape index (κ3) is 5.26. The van der Waals surface area contributed by atoms with Gasteiger partial charge in [-0.05, 0) is 85.9 Å². The van der Waals surface area contributed by atoms with Crippen molar-refractivity contribution in [1.29, 1.82) is 0 Å². The number of aromatic amines is 1.